The number of hydrogen-bond donors (Lipinski definition) is 1. The summed E-state index contributed by atoms with van der Waals surface area (Å²) in [7, 11) is 0. The Bertz CT molecular complexity index is 729. The molecule has 0 saturated heterocycles. The second kappa shape index (κ2) is 11.2. The molecule has 0 aliphatic rings. The van der Waals surface area contributed by atoms with Gasteiger partial charge in [-0.15, -0.1) is 0 Å². The van der Waals surface area contributed by atoms with Crippen LogP contribution in [0.15, 0.2) is 54.6 Å². The van der Waals surface area contributed by atoms with Crippen molar-refractivity contribution in [1.82, 2.24) is 0 Å². The number of aliphatic hydroxyl groups is 1. The van der Waals surface area contributed by atoms with Gasteiger partial charge in [-0.25, -0.2) is 0 Å². The Kier molecular flexibility index (Phi) is 8.91. The van der Waals surface area contributed by atoms with Crippen LogP contribution in [0.2, 0.25) is 0 Å². The molecule has 0 heterocycles. The summed E-state index contributed by atoms with van der Waals surface area (Å²) in [5, 5.41) is 9.96. The van der Waals surface area contributed by atoms with Crippen LogP contribution in [0.1, 0.15) is 58.9 Å². The third kappa shape index (κ3) is 8.02. The lowest BCUT2D eigenvalue weighted by atomic mass is 9.87. The Morgan fingerprint density at radius 2 is 1.62 bits per heavy atom. The van der Waals surface area contributed by atoms with Crippen LogP contribution in [-0.4, -0.2) is 23.3 Å². The minimum atomic E-state index is -0.483. The fourth-order valence-electron chi connectivity index (χ4n) is 3.59. The van der Waals surface area contributed by atoms with Crippen LogP contribution >= 0.6 is 0 Å². The first-order valence-electron chi connectivity index (χ1n) is 10.8. The monoisotopic (exact) mass is 396 g/mol. The summed E-state index contributed by atoms with van der Waals surface area (Å²) in [5.41, 5.74) is 3.08. The zero-order chi connectivity index (χ0) is 21.3. The van der Waals surface area contributed by atoms with Crippen LogP contribution in [0.4, 0.5) is 0 Å². The fraction of sp³-hybridized carbons (Fsp3) is 0.500. The van der Waals surface area contributed by atoms with Gasteiger partial charge < -0.3 is 9.84 Å². The first kappa shape index (κ1) is 23.2. The molecule has 29 heavy (non-hydrogen) atoms. The summed E-state index contributed by atoms with van der Waals surface area (Å²) in [6, 6.07) is 18.8. The molecule has 158 valence electrons. The van der Waals surface area contributed by atoms with E-state index in [4.69, 9.17) is 4.74 Å². The van der Waals surface area contributed by atoms with Gasteiger partial charge in [0.25, 0.3) is 0 Å². The highest BCUT2D eigenvalue weighted by Crippen LogP contribution is 2.26. The number of carbonyl (C=O) groups is 1. The quantitative estimate of drug-likeness (QED) is 0.498. The number of aliphatic hydroxyl groups excluding tert-OH is 1. The van der Waals surface area contributed by atoms with Crippen molar-refractivity contribution in [3.63, 3.8) is 0 Å². The molecule has 2 atom stereocenters. The molecule has 0 aromatic heterocycles. The molecule has 3 nitrogen and oxygen atoms in total. The minimum Gasteiger partial charge on any atom is -0.460 e. The molecule has 0 bridgehead atoms. The zero-order valence-corrected chi connectivity index (χ0v) is 18.4. The van der Waals surface area contributed by atoms with Crippen molar-refractivity contribution in [2.24, 2.45) is 11.8 Å². The standard InChI is InChI=1S/C26H36O3/c1-5-6-10-24(25(28)29-26(2,3)4)18-21(19-27)17-20-13-15-23(16-14-20)22-11-8-7-9-12-22/h7-9,11-16,21,24,27H,5-6,10,17-19H2,1-4H3/t21-,24-/m1/s1. The van der Waals surface area contributed by atoms with Crippen LogP contribution in [0.3, 0.4) is 0 Å². The van der Waals surface area contributed by atoms with E-state index in [1.807, 2.05) is 39.0 Å². The van der Waals surface area contributed by atoms with E-state index in [-0.39, 0.29) is 24.4 Å². The molecular formula is C26H36O3. The summed E-state index contributed by atoms with van der Waals surface area (Å²) < 4.78 is 5.64. The van der Waals surface area contributed by atoms with Crippen molar-refractivity contribution in [3.05, 3.63) is 60.2 Å². The van der Waals surface area contributed by atoms with E-state index in [1.165, 1.54) is 16.7 Å². The Morgan fingerprint density at radius 3 is 2.17 bits per heavy atom. The van der Waals surface area contributed by atoms with E-state index >= 15 is 0 Å². The molecule has 0 aliphatic carbocycles. The van der Waals surface area contributed by atoms with Crippen molar-refractivity contribution in [2.75, 3.05) is 6.61 Å². The van der Waals surface area contributed by atoms with Crippen molar-refractivity contribution in [1.29, 1.82) is 0 Å². The molecule has 0 amide bonds. The van der Waals surface area contributed by atoms with Gasteiger partial charge in [0.05, 0.1) is 5.92 Å². The molecular weight excluding hydrogens is 360 g/mol. The van der Waals surface area contributed by atoms with Crippen molar-refractivity contribution in [3.8, 4) is 11.1 Å². The third-order valence-electron chi connectivity index (χ3n) is 5.11. The maximum absolute atomic E-state index is 12.7. The van der Waals surface area contributed by atoms with Crippen molar-refractivity contribution >= 4 is 5.97 Å². The molecule has 0 unspecified atom stereocenters. The number of benzene rings is 2. The van der Waals surface area contributed by atoms with E-state index in [0.29, 0.717) is 6.42 Å². The maximum Gasteiger partial charge on any atom is 0.309 e. The predicted molar refractivity (Wildman–Crippen MR) is 120 cm³/mol. The van der Waals surface area contributed by atoms with Crippen molar-refractivity contribution in [2.45, 2.75) is 65.4 Å². The smallest absolute Gasteiger partial charge is 0.309 e. The highest BCUT2D eigenvalue weighted by molar-refractivity contribution is 5.72. The number of unbranched alkanes of at least 4 members (excludes halogenated alkanes) is 1. The van der Waals surface area contributed by atoms with Crippen LogP contribution in [-0.2, 0) is 16.0 Å². The van der Waals surface area contributed by atoms with Crippen molar-refractivity contribution < 1.29 is 14.6 Å². The number of hydrogen-bond acceptors (Lipinski definition) is 3. The second-order valence-electron chi connectivity index (χ2n) is 8.92. The molecule has 0 fully saturated rings. The molecule has 1 N–H and O–H groups in total. The van der Waals surface area contributed by atoms with Gasteiger partial charge in [-0.1, -0.05) is 74.4 Å². The second-order valence-corrected chi connectivity index (χ2v) is 8.92. The largest absolute Gasteiger partial charge is 0.460 e. The summed E-state index contributed by atoms with van der Waals surface area (Å²) in [4.78, 5) is 12.7. The molecule has 2 rings (SSSR count). The molecule has 0 saturated carbocycles. The highest BCUT2D eigenvalue weighted by atomic mass is 16.6. The molecule has 2 aromatic carbocycles. The first-order chi connectivity index (χ1) is 13.8. The SMILES string of the molecule is CCCC[C@H](C[C@H](CO)Cc1ccc(-c2ccccc2)cc1)C(=O)OC(C)(C)C. The summed E-state index contributed by atoms with van der Waals surface area (Å²) in [6.45, 7) is 7.91. The molecule has 0 spiro atoms. The van der Waals surface area contributed by atoms with E-state index in [1.54, 1.807) is 0 Å². The Morgan fingerprint density at radius 1 is 1.00 bits per heavy atom. The Hall–Kier alpha value is -2.13. The van der Waals surface area contributed by atoms with Gasteiger partial charge in [-0.2, -0.15) is 0 Å². The molecule has 0 aliphatic heterocycles. The number of rotatable bonds is 10. The van der Waals surface area contributed by atoms with E-state index in [9.17, 15) is 9.90 Å². The topological polar surface area (TPSA) is 46.5 Å². The molecule has 0 radical (unpaired) electrons. The van der Waals surface area contributed by atoms with Gasteiger partial charge in [0, 0.05) is 6.61 Å². The highest BCUT2D eigenvalue weighted by Gasteiger charge is 2.27. The summed E-state index contributed by atoms with van der Waals surface area (Å²) >= 11 is 0. The van der Waals surface area contributed by atoms with Gasteiger partial charge in [0.15, 0.2) is 0 Å². The summed E-state index contributed by atoms with van der Waals surface area (Å²) in [6.07, 6.45) is 4.27. The van der Waals surface area contributed by atoms with Crippen LogP contribution in [0.5, 0.6) is 0 Å². The number of carbonyl (C=O) groups excluding carboxylic acids is 1. The van der Waals surface area contributed by atoms with Crippen LogP contribution < -0.4 is 0 Å². The first-order valence-corrected chi connectivity index (χ1v) is 10.8. The minimum absolute atomic E-state index is 0.0481. The fourth-order valence-corrected chi connectivity index (χ4v) is 3.59. The molecule has 2 aromatic rings. The van der Waals surface area contributed by atoms with Gasteiger partial charge in [0.1, 0.15) is 5.60 Å². The van der Waals surface area contributed by atoms with E-state index in [2.05, 4.69) is 43.3 Å². The Labute approximate surface area is 176 Å². The molecule has 3 heteroatoms. The third-order valence-corrected chi connectivity index (χ3v) is 5.11. The van der Waals surface area contributed by atoms with Gasteiger partial charge in [-0.05, 0) is 62.6 Å². The average Bonchev–Trinajstić information content (AvgIpc) is 2.70. The van der Waals surface area contributed by atoms with Crippen LogP contribution in [0, 0.1) is 11.8 Å². The normalized spacial score (nSPS) is 13.7. The average molecular weight is 397 g/mol. The number of ether oxygens (including phenoxy) is 1. The Balaban J connectivity index is 2.03. The van der Waals surface area contributed by atoms with E-state index in [0.717, 1.165) is 25.7 Å². The van der Waals surface area contributed by atoms with Gasteiger partial charge in [-0.3, -0.25) is 4.79 Å². The lowest BCUT2D eigenvalue weighted by Gasteiger charge is -2.26. The van der Waals surface area contributed by atoms with Gasteiger partial charge >= 0.3 is 5.97 Å². The van der Waals surface area contributed by atoms with Gasteiger partial charge in [0.2, 0.25) is 0 Å². The lowest BCUT2D eigenvalue weighted by Crippen LogP contribution is -2.30. The van der Waals surface area contributed by atoms with E-state index < -0.39 is 5.60 Å². The maximum atomic E-state index is 12.7. The zero-order valence-electron chi connectivity index (χ0n) is 18.4. The predicted octanol–water partition coefficient (Wildman–Crippen LogP) is 6.04. The number of esters is 1. The van der Waals surface area contributed by atoms with Crippen LogP contribution in [0.25, 0.3) is 11.1 Å². The lowest BCUT2D eigenvalue weighted by molar-refractivity contribution is -0.161. The summed E-state index contributed by atoms with van der Waals surface area (Å²) in [5.74, 6) is -0.245.